The van der Waals surface area contributed by atoms with E-state index in [0.717, 1.165) is 18.7 Å². The van der Waals surface area contributed by atoms with E-state index in [1.54, 1.807) is 13.2 Å². The average molecular weight is 261 g/mol. The second-order valence-corrected chi connectivity index (χ2v) is 4.20. The van der Waals surface area contributed by atoms with Crippen molar-refractivity contribution in [2.24, 2.45) is 5.73 Å². The first kappa shape index (κ1) is 14.4. The van der Waals surface area contributed by atoms with Gasteiger partial charge in [-0.05, 0) is 17.7 Å². The third-order valence-electron chi connectivity index (χ3n) is 2.47. The zero-order valence-corrected chi connectivity index (χ0v) is 10.7. The molecule has 0 saturated heterocycles. The van der Waals surface area contributed by atoms with Gasteiger partial charge < -0.3 is 10.5 Å². The first-order valence-electron chi connectivity index (χ1n) is 5.52. The Balaban J connectivity index is 2.64. The van der Waals surface area contributed by atoms with Gasteiger partial charge in [0.15, 0.2) is 0 Å². The maximum atomic E-state index is 12.9. The molecular formula is C12H18ClFN2O. The third kappa shape index (κ3) is 5.00. The lowest BCUT2D eigenvalue weighted by Crippen LogP contribution is -2.32. The van der Waals surface area contributed by atoms with Crippen molar-refractivity contribution in [2.75, 3.05) is 33.4 Å². The minimum Gasteiger partial charge on any atom is -0.383 e. The molecule has 0 aromatic heterocycles. The molecule has 0 saturated carbocycles. The average Bonchev–Trinajstić information content (AvgIpc) is 2.29. The Morgan fingerprint density at radius 3 is 2.76 bits per heavy atom. The molecule has 0 radical (unpaired) electrons. The van der Waals surface area contributed by atoms with Gasteiger partial charge in [-0.15, -0.1) is 0 Å². The van der Waals surface area contributed by atoms with Gasteiger partial charge in [-0.25, -0.2) is 4.39 Å². The molecule has 0 aliphatic heterocycles. The summed E-state index contributed by atoms with van der Waals surface area (Å²) < 4.78 is 17.9. The summed E-state index contributed by atoms with van der Waals surface area (Å²) >= 11 is 5.98. The number of halogens is 2. The van der Waals surface area contributed by atoms with Crippen LogP contribution in [-0.2, 0) is 11.3 Å². The summed E-state index contributed by atoms with van der Waals surface area (Å²) in [5, 5.41) is 0.449. The fourth-order valence-electron chi connectivity index (χ4n) is 1.56. The van der Waals surface area contributed by atoms with E-state index in [1.165, 1.54) is 12.1 Å². The van der Waals surface area contributed by atoms with Crippen LogP contribution in [0.2, 0.25) is 5.02 Å². The van der Waals surface area contributed by atoms with E-state index in [0.29, 0.717) is 24.7 Å². The predicted octanol–water partition coefficient (Wildman–Crippen LogP) is 1.89. The van der Waals surface area contributed by atoms with Crippen LogP contribution >= 0.6 is 11.6 Å². The van der Waals surface area contributed by atoms with Gasteiger partial charge in [-0.3, -0.25) is 4.90 Å². The number of rotatable bonds is 7. The Morgan fingerprint density at radius 1 is 1.41 bits per heavy atom. The van der Waals surface area contributed by atoms with Crippen LogP contribution in [0.3, 0.4) is 0 Å². The Labute approximate surface area is 106 Å². The van der Waals surface area contributed by atoms with Crippen LogP contribution in [0.1, 0.15) is 5.56 Å². The molecule has 0 unspecified atom stereocenters. The molecule has 0 heterocycles. The van der Waals surface area contributed by atoms with Crippen molar-refractivity contribution < 1.29 is 9.13 Å². The number of benzene rings is 1. The second kappa shape index (κ2) is 7.61. The molecule has 96 valence electrons. The van der Waals surface area contributed by atoms with Gasteiger partial charge in [0, 0.05) is 38.3 Å². The smallest absolute Gasteiger partial charge is 0.124 e. The van der Waals surface area contributed by atoms with Crippen molar-refractivity contribution in [3.05, 3.63) is 34.6 Å². The summed E-state index contributed by atoms with van der Waals surface area (Å²) in [6.45, 7) is 3.40. The molecule has 0 amide bonds. The van der Waals surface area contributed by atoms with E-state index in [9.17, 15) is 4.39 Å². The van der Waals surface area contributed by atoms with Gasteiger partial charge in [0.25, 0.3) is 0 Å². The highest BCUT2D eigenvalue weighted by molar-refractivity contribution is 6.31. The molecule has 1 aromatic carbocycles. The van der Waals surface area contributed by atoms with Gasteiger partial charge in [0.1, 0.15) is 5.82 Å². The molecule has 1 rings (SSSR count). The number of methoxy groups -OCH3 is 1. The van der Waals surface area contributed by atoms with Gasteiger partial charge in [0.2, 0.25) is 0 Å². The zero-order valence-electron chi connectivity index (χ0n) is 9.96. The minimum absolute atomic E-state index is 0.319. The highest BCUT2D eigenvalue weighted by Crippen LogP contribution is 2.18. The summed E-state index contributed by atoms with van der Waals surface area (Å²) in [5.41, 5.74) is 6.44. The van der Waals surface area contributed by atoms with E-state index in [-0.39, 0.29) is 5.82 Å². The predicted molar refractivity (Wildman–Crippen MR) is 67.6 cm³/mol. The molecular weight excluding hydrogens is 243 g/mol. The Morgan fingerprint density at radius 2 is 2.18 bits per heavy atom. The van der Waals surface area contributed by atoms with Crippen molar-refractivity contribution in [1.29, 1.82) is 0 Å². The molecule has 0 aliphatic carbocycles. The second-order valence-electron chi connectivity index (χ2n) is 3.79. The highest BCUT2D eigenvalue weighted by atomic mass is 35.5. The molecule has 0 aliphatic rings. The quantitative estimate of drug-likeness (QED) is 0.814. The van der Waals surface area contributed by atoms with E-state index < -0.39 is 0 Å². The van der Waals surface area contributed by atoms with E-state index >= 15 is 0 Å². The summed E-state index contributed by atoms with van der Waals surface area (Å²) in [4.78, 5) is 2.13. The van der Waals surface area contributed by atoms with E-state index in [4.69, 9.17) is 22.1 Å². The van der Waals surface area contributed by atoms with Gasteiger partial charge >= 0.3 is 0 Å². The van der Waals surface area contributed by atoms with Crippen LogP contribution < -0.4 is 5.73 Å². The molecule has 0 fully saturated rings. The van der Waals surface area contributed by atoms with Crippen LogP contribution in [0.25, 0.3) is 0 Å². The summed E-state index contributed by atoms with van der Waals surface area (Å²) in [5.74, 6) is -0.319. The maximum Gasteiger partial charge on any atom is 0.124 e. The fraction of sp³-hybridized carbons (Fsp3) is 0.500. The molecule has 0 bridgehead atoms. The first-order valence-corrected chi connectivity index (χ1v) is 5.90. The number of nitrogens with two attached hydrogens (primary N) is 1. The zero-order chi connectivity index (χ0) is 12.7. The van der Waals surface area contributed by atoms with Gasteiger partial charge in [-0.1, -0.05) is 17.7 Å². The fourth-order valence-corrected chi connectivity index (χ4v) is 1.79. The van der Waals surface area contributed by atoms with Crippen LogP contribution in [0, 0.1) is 5.82 Å². The normalized spacial score (nSPS) is 11.1. The third-order valence-corrected chi connectivity index (χ3v) is 2.82. The molecule has 5 heteroatoms. The molecule has 3 nitrogen and oxygen atoms in total. The summed E-state index contributed by atoms with van der Waals surface area (Å²) in [6, 6.07) is 4.44. The maximum absolute atomic E-state index is 12.9. The number of nitrogens with zero attached hydrogens (tertiary/aromatic N) is 1. The van der Waals surface area contributed by atoms with Crippen molar-refractivity contribution in [2.45, 2.75) is 6.54 Å². The molecule has 17 heavy (non-hydrogen) atoms. The molecule has 0 atom stereocenters. The highest BCUT2D eigenvalue weighted by Gasteiger charge is 2.08. The monoisotopic (exact) mass is 260 g/mol. The molecule has 0 spiro atoms. The van der Waals surface area contributed by atoms with Gasteiger partial charge in [-0.2, -0.15) is 0 Å². The largest absolute Gasteiger partial charge is 0.383 e. The van der Waals surface area contributed by atoms with Crippen molar-refractivity contribution in [3.8, 4) is 0 Å². The minimum atomic E-state index is -0.319. The van der Waals surface area contributed by atoms with Crippen LogP contribution in [0.5, 0.6) is 0 Å². The number of ether oxygens (including phenoxy) is 1. The van der Waals surface area contributed by atoms with E-state index in [2.05, 4.69) is 4.90 Å². The molecule has 2 N–H and O–H groups in total. The first-order chi connectivity index (χ1) is 8.17. The Bertz CT molecular complexity index is 349. The standard InChI is InChI=1S/C12H18ClFN2O/c1-17-7-6-16(5-4-15)9-10-2-3-11(14)8-12(10)13/h2-3,8H,4-7,9,15H2,1H3. The Kier molecular flexibility index (Phi) is 6.44. The topological polar surface area (TPSA) is 38.5 Å². The van der Waals surface area contributed by atoms with Crippen LogP contribution in [0.15, 0.2) is 18.2 Å². The lowest BCUT2D eigenvalue weighted by atomic mass is 10.2. The van der Waals surface area contributed by atoms with E-state index in [1.807, 2.05) is 0 Å². The molecule has 1 aromatic rings. The van der Waals surface area contributed by atoms with Crippen LogP contribution in [0.4, 0.5) is 4.39 Å². The lowest BCUT2D eigenvalue weighted by Gasteiger charge is -2.21. The lowest BCUT2D eigenvalue weighted by molar-refractivity contribution is 0.146. The number of hydrogen-bond acceptors (Lipinski definition) is 3. The van der Waals surface area contributed by atoms with Crippen molar-refractivity contribution in [3.63, 3.8) is 0 Å². The SMILES string of the molecule is COCCN(CCN)Cc1ccc(F)cc1Cl. The number of hydrogen-bond donors (Lipinski definition) is 1. The van der Waals surface area contributed by atoms with Crippen molar-refractivity contribution >= 4 is 11.6 Å². The summed E-state index contributed by atoms with van der Waals surface area (Å²) in [6.07, 6.45) is 0. The Hall–Kier alpha value is -0.680. The van der Waals surface area contributed by atoms with Gasteiger partial charge in [0.05, 0.1) is 6.61 Å². The summed E-state index contributed by atoms with van der Waals surface area (Å²) in [7, 11) is 1.66. The van der Waals surface area contributed by atoms with Crippen molar-refractivity contribution in [1.82, 2.24) is 4.90 Å². The van der Waals surface area contributed by atoms with Crippen LogP contribution in [-0.4, -0.2) is 38.3 Å².